The third-order valence-electron chi connectivity index (χ3n) is 7.13. The van der Waals surface area contributed by atoms with E-state index in [4.69, 9.17) is 0 Å². The Morgan fingerprint density at radius 1 is 1.12 bits per heavy atom. The van der Waals surface area contributed by atoms with E-state index in [-0.39, 0.29) is 53.4 Å². The van der Waals surface area contributed by atoms with Crippen molar-refractivity contribution < 1.29 is 40.3 Å². The van der Waals surface area contributed by atoms with Crippen molar-refractivity contribution >= 4 is 38.0 Å². The van der Waals surface area contributed by atoms with E-state index in [0.29, 0.717) is 34.9 Å². The molecule has 1 atom stereocenters. The summed E-state index contributed by atoms with van der Waals surface area (Å²) >= 11 is 1.04. The number of hydrogen-bond acceptors (Lipinski definition) is 6. The van der Waals surface area contributed by atoms with Crippen LogP contribution in [-0.4, -0.2) is 54.7 Å². The minimum absolute atomic E-state index is 0.0490. The number of rotatable bonds is 9. The molecule has 3 aromatic rings. The fourth-order valence-corrected chi connectivity index (χ4v) is 7.30. The first-order valence-corrected chi connectivity index (χ1v) is 15.7. The Labute approximate surface area is 244 Å². The molecule has 0 bridgehead atoms. The van der Waals surface area contributed by atoms with Gasteiger partial charge in [0.1, 0.15) is 6.04 Å². The zero-order chi connectivity index (χ0) is 31.1. The number of thiazole rings is 1. The summed E-state index contributed by atoms with van der Waals surface area (Å²) in [5.41, 5.74) is -0.196. The number of alkyl halides is 5. The Bertz CT molecular complexity index is 1560. The van der Waals surface area contributed by atoms with E-state index >= 15 is 0 Å². The summed E-state index contributed by atoms with van der Waals surface area (Å²) in [5.74, 6) is -3.38. The maximum absolute atomic E-state index is 13.8. The van der Waals surface area contributed by atoms with Crippen LogP contribution in [0.15, 0.2) is 41.3 Å². The molecule has 4 rings (SSSR count). The molecule has 1 saturated carbocycles. The Morgan fingerprint density at radius 2 is 1.74 bits per heavy atom. The van der Waals surface area contributed by atoms with Crippen molar-refractivity contribution in [2.75, 3.05) is 6.54 Å². The molecule has 1 aliphatic carbocycles. The first-order chi connectivity index (χ1) is 19.4. The number of aliphatic hydroxyl groups is 1. The van der Waals surface area contributed by atoms with Gasteiger partial charge in [0.15, 0.2) is 5.01 Å². The molecule has 0 saturated heterocycles. The van der Waals surface area contributed by atoms with Gasteiger partial charge in [0.25, 0.3) is 5.91 Å². The zero-order valence-corrected chi connectivity index (χ0v) is 24.8. The van der Waals surface area contributed by atoms with Crippen molar-refractivity contribution in [1.29, 1.82) is 0 Å². The molecular formula is C28H32F5N3O4S2. The van der Waals surface area contributed by atoms with Gasteiger partial charge < -0.3 is 10.4 Å². The summed E-state index contributed by atoms with van der Waals surface area (Å²) in [6.45, 7) is 3.71. The minimum atomic E-state index is -4.79. The van der Waals surface area contributed by atoms with Gasteiger partial charge in [0, 0.05) is 30.3 Å². The number of hydrogen-bond donors (Lipinski definition) is 3. The summed E-state index contributed by atoms with van der Waals surface area (Å²) in [4.78, 5) is 17.7. The zero-order valence-electron chi connectivity index (χ0n) is 23.2. The minimum Gasteiger partial charge on any atom is -0.389 e. The SMILES string of the molecule is C[C@@H](NS(=O)(=O)c1ccc(-c2sc(C(=O)NCC(C)(C)O)nc2CC2CCC(F)(F)CC2)c2ccccc12)C(F)(F)F. The van der Waals surface area contributed by atoms with Crippen molar-refractivity contribution in [1.82, 2.24) is 15.0 Å². The predicted octanol–water partition coefficient (Wildman–Crippen LogP) is 6.06. The topological polar surface area (TPSA) is 108 Å². The molecule has 0 spiro atoms. The van der Waals surface area contributed by atoms with Gasteiger partial charge in [-0.3, -0.25) is 4.79 Å². The van der Waals surface area contributed by atoms with E-state index < -0.39 is 39.7 Å². The standard InChI is InChI=1S/C28H32F5N3O4S2/c1-16(28(31,32)33)36-42(39,40)22-9-8-20(18-6-4-5-7-19(18)22)23-21(14-17-10-12-27(29,30)13-11-17)35-25(41-23)24(37)34-15-26(2,3)38/h4-9,16-17,36,38H,10-15H2,1-3H3,(H,34,37)/t16-/m1/s1. The van der Waals surface area contributed by atoms with Gasteiger partial charge in [-0.1, -0.05) is 30.3 Å². The van der Waals surface area contributed by atoms with Crippen LogP contribution in [0.5, 0.6) is 0 Å². The average Bonchev–Trinajstić information content (AvgIpc) is 3.30. The molecule has 0 unspecified atom stereocenters. The number of nitrogens with one attached hydrogen (secondary N) is 2. The summed E-state index contributed by atoms with van der Waals surface area (Å²) < 4.78 is 94.8. The number of nitrogens with zero attached hydrogens (tertiary/aromatic N) is 1. The molecule has 7 nitrogen and oxygen atoms in total. The van der Waals surface area contributed by atoms with Gasteiger partial charge in [0.2, 0.25) is 15.9 Å². The van der Waals surface area contributed by atoms with Crippen LogP contribution < -0.4 is 10.0 Å². The van der Waals surface area contributed by atoms with Crippen molar-refractivity contribution in [3.63, 3.8) is 0 Å². The monoisotopic (exact) mass is 633 g/mol. The highest BCUT2D eigenvalue weighted by Crippen LogP contribution is 2.42. The lowest BCUT2D eigenvalue weighted by molar-refractivity contribution is -0.147. The molecule has 1 amide bonds. The summed E-state index contributed by atoms with van der Waals surface area (Å²) in [6.07, 6.45) is -4.45. The fraction of sp³-hybridized carbons (Fsp3) is 0.500. The second-order valence-electron chi connectivity index (χ2n) is 11.3. The van der Waals surface area contributed by atoms with Crippen LogP contribution in [0.4, 0.5) is 22.0 Å². The number of halogens is 5. The van der Waals surface area contributed by atoms with Gasteiger partial charge in [-0.05, 0) is 57.4 Å². The lowest BCUT2D eigenvalue weighted by Crippen LogP contribution is -2.43. The molecule has 230 valence electrons. The van der Waals surface area contributed by atoms with Crippen molar-refractivity contribution in [2.45, 2.75) is 81.5 Å². The lowest BCUT2D eigenvalue weighted by atomic mass is 9.83. The number of fused-ring (bicyclic) bond motifs is 1. The van der Waals surface area contributed by atoms with Gasteiger partial charge in [0.05, 0.1) is 21.1 Å². The highest BCUT2D eigenvalue weighted by Gasteiger charge is 2.39. The fourth-order valence-electron chi connectivity index (χ4n) is 4.81. The molecule has 0 radical (unpaired) electrons. The van der Waals surface area contributed by atoms with E-state index in [1.54, 1.807) is 22.9 Å². The predicted molar refractivity (Wildman–Crippen MR) is 150 cm³/mol. The van der Waals surface area contributed by atoms with Crippen LogP contribution >= 0.6 is 11.3 Å². The molecule has 1 fully saturated rings. The van der Waals surface area contributed by atoms with Crippen LogP contribution in [0.2, 0.25) is 0 Å². The van der Waals surface area contributed by atoms with E-state index in [1.165, 1.54) is 32.0 Å². The molecule has 2 aromatic carbocycles. The molecule has 42 heavy (non-hydrogen) atoms. The average molecular weight is 634 g/mol. The largest absolute Gasteiger partial charge is 0.404 e. The van der Waals surface area contributed by atoms with E-state index in [2.05, 4.69) is 10.3 Å². The van der Waals surface area contributed by atoms with Gasteiger partial charge in [-0.25, -0.2) is 22.2 Å². The number of amides is 1. The van der Waals surface area contributed by atoms with E-state index in [1.807, 2.05) is 0 Å². The number of aromatic nitrogens is 1. The van der Waals surface area contributed by atoms with Crippen molar-refractivity contribution in [3.8, 4) is 10.4 Å². The Kier molecular flexibility index (Phi) is 9.04. The van der Waals surface area contributed by atoms with Crippen LogP contribution in [0.1, 0.15) is 62.0 Å². The third-order valence-corrected chi connectivity index (χ3v) is 9.86. The second kappa shape index (κ2) is 11.8. The number of carbonyl (C=O) groups is 1. The van der Waals surface area contributed by atoms with Gasteiger partial charge in [-0.2, -0.15) is 17.9 Å². The smallest absolute Gasteiger partial charge is 0.389 e. The molecule has 1 heterocycles. The summed E-state index contributed by atoms with van der Waals surface area (Å²) in [6, 6.07) is 6.66. The normalized spacial score (nSPS) is 17.4. The molecule has 0 aliphatic heterocycles. The van der Waals surface area contributed by atoms with Gasteiger partial charge >= 0.3 is 6.18 Å². The van der Waals surface area contributed by atoms with E-state index in [9.17, 15) is 40.3 Å². The van der Waals surface area contributed by atoms with Crippen LogP contribution in [0, 0.1) is 5.92 Å². The Morgan fingerprint density at radius 3 is 2.33 bits per heavy atom. The molecule has 14 heteroatoms. The molecule has 1 aliphatic rings. The second-order valence-corrected chi connectivity index (χ2v) is 14.0. The van der Waals surface area contributed by atoms with E-state index in [0.717, 1.165) is 11.3 Å². The Hall–Kier alpha value is -2.68. The summed E-state index contributed by atoms with van der Waals surface area (Å²) in [5, 5.41) is 13.3. The lowest BCUT2D eigenvalue weighted by Gasteiger charge is -2.28. The molecule has 3 N–H and O–H groups in total. The Balaban J connectivity index is 1.78. The third kappa shape index (κ3) is 7.63. The first-order valence-electron chi connectivity index (χ1n) is 13.4. The highest BCUT2D eigenvalue weighted by molar-refractivity contribution is 7.89. The number of carbonyl (C=O) groups excluding carboxylic acids is 1. The molecular weight excluding hydrogens is 601 g/mol. The maximum Gasteiger partial charge on any atom is 0.404 e. The first kappa shape index (κ1) is 32.2. The maximum atomic E-state index is 13.8. The van der Waals surface area contributed by atoms with Gasteiger partial charge in [-0.15, -0.1) is 11.3 Å². The van der Waals surface area contributed by atoms with Crippen LogP contribution in [0.3, 0.4) is 0 Å². The van der Waals surface area contributed by atoms with Crippen molar-refractivity contribution in [2.24, 2.45) is 5.92 Å². The highest BCUT2D eigenvalue weighted by atomic mass is 32.2. The summed E-state index contributed by atoms with van der Waals surface area (Å²) in [7, 11) is -4.58. The quantitative estimate of drug-likeness (QED) is 0.248. The van der Waals surface area contributed by atoms with Crippen LogP contribution in [0.25, 0.3) is 21.2 Å². The van der Waals surface area contributed by atoms with Crippen LogP contribution in [-0.2, 0) is 16.4 Å². The van der Waals surface area contributed by atoms with Crippen molar-refractivity contribution in [3.05, 3.63) is 47.1 Å². The number of benzene rings is 2. The number of sulfonamides is 1. The molecule has 1 aromatic heterocycles.